The predicted molar refractivity (Wildman–Crippen MR) is 79.4 cm³/mol. The van der Waals surface area contributed by atoms with E-state index in [9.17, 15) is 14.4 Å². The van der Waals surface area contributed by atoms with E-state index in [1.165, 1.54) is 6.92 Å². The van der Waals surface area contributed by atoms with Gasteiger partial charge in [0.05, 0.1) is 6.10 Å². The van der Waals surface area contributed by atoms with Crippen LogP contribution in [0.25, 0.3) is 0 Å². The summed E-state index contributed by atoms with van der Waals surface area (Å²) in [6.45, 7) is 9.08. The highest BCUT2D eigenvalue weighted by Crippen LogP contribution is 2.48. The zero-order chi connectivity index (χ0) is 16.8. The second-order valence-electron chi connectivity index (χ2n) is 6.49. The minimum absolute atomic E-state index is 0.0735. The molecule has 0 radical (unpaired) electrons. The summed E-state index contributed by atoms with van der Waals surface area (Å²) in [5.41, 5.74) is 0.215. The second kappa shape index (κ2) is 5.60. The number of ketones is 1. The lowest BCUT2D eigenvalue weighted by Crippen LogP contribution is -2.30. The molecule has 2 saturated heterocycles. The molecule has 0 N–H and O–H groups in total. The Balaban J connectivity index is 1.81. The van der Waals surface area contributed by atoms with Gasteiger partial charge in [0.15, 0.2) is 5.78 Å². The molecule has 3 rings (SSSR count). The van der Waals surface area contributed by atoms with Crippen molar-refractivity contribution < 1.29 is 28.6 Å². The van der Waals surface area contributed by atoms with Crippen molar-refractivity contribution in [1.29, 1.82) is 0 Å². The van der Waals surface area contributed by atoms with Gasteiger partial charge in [-0.2, -0.15) is 0 Å². The molecule has 0 amide bonds. The minimum Gasteiger partial charge on any atom is -0.463 e. The minimum atomic E-state index is -0.643. The molecule has 4 atom stereocenters. The first-order valence-corrected chi connectivity index (χ1v) is 7.74. The van der Waals surface area contributed by atoms with Crippen LogP contribution in [0.1, 0.15) is 32.6 Å². The lowest BCUT2D eigenvalue weighted by atomic mass is 9.82. The lowest BCUT2D eigenvalue weighted by Gasteiger charge is -2.21. The number of epoxide rings is 1. The molecule has 6 heteroatoms. The van der Waals surface area contributed by atoms with E-state index < -0.39 is 17.7 Å². The number of ether oxygens (including phenoxy) is 3. The van der Waals surface area contributed by atoms with E-state index in [2.05, 4.69) is 13.2 Å². The summed E-state index contributed by atoms with van der Waals surface area (Å²) in [7, 11) is 0. The van der Waals surface area contributed by atoms with E-state index in [0.717, 1.165) is 0 Å². The van der Waals surface area contributed by atoms with Crippen LogP contribution in [-0.4, -0.2) is 42.1 Å². The Morgan fingerprint density at radius 2 is 2.13 bits per heavy atom. The molecule has 6 nitrogen and oxygen atoms in total. The SMILES string of the molecule is C=C1C[C@H]2OC(=O)C(=C)[C@H]2C[C@@H]2O[C@]2(COC(C)=O)CCC1=O. The largest absolute Gasteiger partial charge is 0.463 e. The Morgan fingerprint density at radius 3 is 2.83 bits per heavy atom. The molecule has 1 aliphatic carbocycles. The molecule has 23 heavy (non-hydrogen) atoms. The summed E-state index contributed by atoms with van der Waals surface area (Å²) in [6.07, 6.45) is 1.07. The van der Waals surface area contributed by atoms with Crippen LogP contribution in [0.2, 0.25) is 0 Å². The molecular weight excluding hydrogens is 300 g/mol. The molecule has 0 aromatic rings. The quantitative estimate of drug-likeness (QED) is 0.435. The van der Waals surface area contributed by atoms with Crippen molar-refractivity contribution >= 4 is 17.7 Å². The number of fused-ring (bicyclic) bond motifs is 2. The molecule has 3 fully saturated rings. The summed E-state index contributed by atoms with van der Waals surface area (Å²) >= 11 is 0. The number of carbonyl (C=O) groups is 3. The maximum atomic E-state index is 12.2. The Morgan fingerprint density at radius 1 is 1.39 bits per heavy atom. The van der Waals surface area contributed by atoms with Gasteiger partial charge in [0, 0.05) is 31.3 Å². The van der Waals surface area contributed by atoms with E-state index in [0.29, 0.717) is 30.4 Å². The molecule has 2 heterocycles. The maximum Gasteiger partial charge on any atom is 0.334 e. The zero-order valence-corrected chi connectivity index (χ0v) is 13.1. The average molecular weight is 320 g/mol. The van der Waals surface area contributed by atoms with Crippen LogP contribution in [0.5, 0.6) is 0 Å². The van der Waals surface area contributed by atoms with Crippen LogP contribution < -0.4 is 0 Å². The van der Waals surface area contributed by atoms with Gasteiger partial charge < -0.3 is 14.2 Å². The molecule has 3 aliphatic rings. The van der Waals surface area contributed by atoms with Gasteiger partial charge in [-0.05, 0) is 18.4 Å². The van der Waals surface area contributed by atoms with E-state index in [-0.39, 0.29) is 36.8 Å². The zero-order valence-electron chi connectivity index (χ0n) is 13.1. The number of hydrogen-bond acceptors (Lipinski definition) is 6. The van der Waals surface area contributed by atoms with Gasteiger partial charge in [-0.25, -0.2) is 4.79 Å². The molecule has 1 saturated carbocycles. The molecule has 0 aromatic heterocycles. The molecule has 0 spiro atoms. The molecule has 0 bridgehead atoms. The monoisotopic (exact) mass is 320 g/mol. The van der Waals surface area contributed by atoms with Crippen molar-refractivity contribution in [1.82, 2.24) is 0 Å². The van der Waals surface area contributed by atoms with Gasteiger partial charge in [-0.1, -0.05) is 13.2 Å². The van der Waals surface area contributed by atoms with Crippen LogP contribution in [0.4, 0.5) is 0 Å². The average Bonchev–Trinajstić information content (AvgIpc) is 3.12. The van der Waals surface area contributed by atoms with Crippen molar-refractivity contribution in [3.63, 3.8) is 0 Å². The Labute approximate surface area is 134 Å². The van der Waals surface area contributed by atoms with Gasteiger partial charge in [0.25, 0.3) is 0 Å². The van der Waals surface area contributed by atoms with E-state index >= 15 is 0 Å². The van der Waals surface area contributed by atoms with E-state index in [1.807, 2.05) is 0 Å². The Hall–Kier alpha value is -1.95. The van der Waals surface area contributed by atoms with Crippen LogP contribution in [0.3, 0.4) is 0 Å². The summed E-state index contributed by atoms with van der Waals surface area (Å²) in [5, 5.41) is 0. The first kappa shape index (κ1) is 15.9. The van der Waals surface area contributed by atoms with Crippen molar-refractivity contribution in [2.24, 2.45) is 5.92 Å². The van der Waals surface area contributed by atoms with E-state index in [1.54, 1.807) is 0 Å². The standard InChI is InChI=1S/C17H20O6/c1-9-6-14-12(10(2)16(20)22-14)7-15-17(23-15,5-4-13(9)19)8-21-11(3)18/h12,14-15H,1-2,4-8H2,3H3/t12-,14-,15+,17+/m1/s1. The topological polar surface area (TPSA) is 82.2 Å². The van der Waals surface area contributed by atoms with Gasteiger partial charge in [0.2, 0.25) is 0 Å². The fourth-order valence-electron chi connectivity index (χ4n) is 3.39. The Bertz CT molecular complexity index is 606. The molecule has 0 unspecified atom stereocenters. The Kier molecular flexibility index (Phi) is 3.88. The van der Waals surface area contributed by atoms with Crippen molar-refractivity contribution in [3.05, 3.63) is 24.3 Å². The molecule has 124 valence electrons. The third kappa shape index (κ3) is 2.95. The number of rotatable bonds is 2. The fourth-order valence-corrected chi connectivity index (χ4v) is 3.39. The van der Waals surface area contributed by atoms with Gasteiger partial charge in [-0.3, -0.25) is 9.59 Å². The maximum absolute atomic E-state index is 12.2. The number of carbonyl (C=O) groups excluding carboxylic acids is 3. The number of hydrogen-bond donors (Lipinski definition) is 0. The smallest absolute Gasteiger partial charge is 0.334 e. The summed E-state index contributed by atoms with van der Waals surface area (Å²) in [6, 6.07) is 0. The lowest BCUT2D eigenvalue weighted by molar-refractivity contribution is -0.143. The van der Waals surface area contributed by atoms with Crippen molar-refractivity contribution in [2.45, 2.75) is 50.4 Å². The van der Waals surface area contributed by atoms with Gasteiger partial charge >= 0.3 is 11.9 Å². The molecule has 2 aliphatic heterocycles. The predicted octanol–water partition coefficient (Wildman–Crippen LogP) is 1.48. The highest BCUT2D eigenvalue weighted by atomic mass is 16.6. The number of esters is 2. The van der Waals surface area contributed by atoms with Gasteiger partial charge in [0.1, 0.15) is 18.3 Å². The highest BCUT2D eigenvalue weighted by Gasteiger charge is 2.59. The summed E-state index contributed by atoms with van der Waals surface area (Å²) < 4.78 is 16.2. The summed E-state index contributed by atoms with van der Waals surface area (Å²) in [5.74, 6) is -1.08. The molecule has 0 aromatic carbocycles. The van der Waals surface area contributed by atoms with Gasteiger partial charge in [-0.15, -0.1) is 0 Å². The normalized spacial score (nSPS) is 36.8. The van der Waals surface area contributed by atoms with Crippen LogP contribution in [0.15, 0.2) is 24.3 Å². The third-order valence-corrected chi connectivity index (χ3v) is 4.93. The third-order valence-electron chi connectivity index (χ3n) is 4.93. The second-order valence-corrected chi connectivity index (χ2v) is 6.49. The van der Waals surface area contributed by atoms with Crippen LogP contribution in [-0.2, 0) is 28.6 Å². The highest BCUT2D eigenvalue weighted by molar-refractivity contribution is 5.95. The number of Topliss-reactive ketones (excluding diaryl/α,β-unsaturated/α-hetero) is 1. The fraction of sp³-hybridized carbons (Fsp3) is 0.588. The summed E-state index contributed by atoms with van der Waals surface area (Å²) in [4.78, 5) is 35.1. The van der Waals surface area contributed by atoms with Crippen molar-refractivity contribution in [3.8, 4) is 0 Å². The van der Waals surface area contributed by atoms with Crippen LogP contribution in [0, 0.1) is 5.92 Å². The van der Waals surface area contributed by atoms with Crippen LogP contribution >= 0.6 is 0 Å². The molecular formula is C17H20O6. The first-order chi connectivity index (χ1) is 10.8. The first-order valence-electron chi connectivity index (χ1n) is 7.74. The van der Waals surface area contributed by atoms with E-state index in [4.69, 9.17) is 14.2 Å². The van der Waals surface area contributed by atoms with Crippen molar-refractivity contribution in [2.75, 3.05) is 6.61 Å².